The number of hydrogen-bond acceptors (Lipinski definition) is 6. The quantitative estimate of drug-likeness (QED) is 0.226. The van der Waals surface area contributed by atoms with Gasteiger partial charge in [0.1, 0.15) is 10.7 Å². The minimum Gasteiger partial charge on any atom is -0.462 e. The van der Waals surface area contributed by atoms with Crippen LogP contribution in [0.4, 0.5) is 30.2 Å². The minimum atomic E-state index is -4.66. The molecule has 3 aromatic carbocycles. The number of benzene rings is 3. The molecule has 42 heavy (non-hydrogen) atoms. The summed E-state index contributed by atoms with van der Waals surface area (Å²) in [5.74, 6) is -2.42. The number of anilines is 3. The first-order chi connectivity index (χ1) is 19.8. The molecule has 8 nitrogen and oxygen atoms in total. The van der Waals surface area contributed by atoms with E-state index in [1.54, 1.807) is 48.5 Å². The topological polar surface area (TPSA) is 105 Å². The molecule has 0 radical (unpaired) electrons. The predicted molar refractivity (Wildman–Crippen MR) is 151 cm³/mol. The van der Waals surface area contributed by atoms with Gasteiger partial charge in [-0.2, -0.15) is 13.2 Å². The molecule has 0 bridgehead atoms. The monoisotopic (exact) mass is 599 g/mol. The van der Waals surface area contributed by atoms with Crippen molar-refractivity contribution >= 4 is 52.4 Å². The summed E-state index contributed by atoms with van der Waals surface area (Å²) in [7, 11) is 0. The van der Waals surface area contributed by atoms with E-state index in [1.807, 2.05) is 13.8 Å². The number of nitrogens with one attached hydrogen (secondary N) is 2. The number of esters is 1. The van der Waals surface area contributed by atoms with Gasteiger partial charge >= 0.3 is 12.1 Å². The number of hydrogen-bond donors (Lipinski definition) is 2. The molecule has 0 atom stereocenters. The van der Waals surface area contributed by atoms with Gasteiger partial charge < -0.3 is 15.4 Å². The van der Waals surface area contributed by atoms with Crippen LogP contribution < -0.4 is 15.5 Å². The molecule has 1 heterocycles. The zero-order valence-corrected chi connectivity index (χ0v) is 23.2. The standard InChI is InChI=1S/C30H25ClF3N3O5/c1-17(2)16-42-29(41)19-8-12-21(13-9-19)35-24(38)14-18-6-10-22(11-7-18)36-26-25(31)27(39)37(28(26)40)23-5-3-4-20(15-23)30(32,33)34/h3-13,15,17,36H,14,16H2,1-2H3,(H,35,38). The Kier molecular flexibility index (Phi) is 9.01. The van der Waals surface area contributed by atoms with Crippen LogP contribution in [0, 0.1) is 5.92 Å². The summed E-state index contributed by atoms with van der Waals surface area (Å²) in [6.07, 6.45) is -4.64. The molecule has 0 aromatic heterocycles. The first-order valence-corrected chi connectivity index (χ1v) is 13.1. The summed E-state index contributed by atoms with van der Waals surface area (Å²) in [4.78, 5) is 50.7. The number of carbonyl (C=O) groups is 4. The van der Waals surface area contributed by atoms with Gasteiger partial charge in [-0.1, -0.05) is 43.6 Å². The summed E-state index contributed by atoms with van der Waals surface area (Å²) >= 11 is 6.08. The highest BCUT2D eigenvalue weighted by Crippen LogP contribution is 2.35. The van der Waals surface area contributed by atoms with E-state index in [2.05, 4.69) is 10.6 Å². The highest BCUT2D eigenvalue weighted by atomic mass is 35.5. The Hall–Kier alpha value is -4.64. The second-order valence-corrected chi connectivity index (χ2v) is 10.2. The van der Waals surface area contributed by atoms with Gasteiger partial charge in [-0.15, -0.1) is 0 Å². The lowest BCUT2D eigenvalue weighted by molar-refractivity contribution is -0.137. The van der Waals surface area contributed by atoms with E-state index in [1.165, 1.54) is 6.07 Å². The number of carbonyl (C=O) groups excluding carboxylic acids is 4. The van der Waals surface area contributed by atoms with E-state index in [4.69, 9.17) is 16.3 Å². The number of halogens is 4. The van der Waals surface area contributed by atoms with Crippen LogP contribution in [-0.4, -0.2) is 30.3 Å². The summed E-state index contributed by atoms with van der Waals surface area (Å²) in [6, 6.07) is 16.5. The fourth-order valence-electron chi connectivity index (χ4n) is 3.92. The molecule has 0 fully saturated rings. The fraction of sp³-hybridized carbons (Fsp3) is 0.200. The molecule has 1 aliphatic heterocycles. The van der Waals surface area contributed by atoms with Gasteiger partial charge in [0.15, 0.2) is 0 Å². The normalized spacial score (nSPS) is 13.5. The van der Waals surface area contributed by atoms with Crippen LogP contribution >= 0.6 is 11.6 Å². The smallest absolute Gasteiger partial charge is 0.416 e. The molecule has 0 aliphatic carbocycles. The number of nitrogens with zero attached hydrogens (tertiary/aromatic N) is 1. The van der Waals surface area contributed by atoms with Crippen LogP contribution in [0.25, 0.3) is 0 Å². The fourth-order valence-corrected chi connectivity index (χ4v) is 4.14. The lowest BCUT2D eigenvalue weighted by Crippen LogP contribution is -2.32. The zero-order chi connectivity index (χ0) is 30.6. The van der Waals surface area contributed by atoms with Gasteiger partial charge in [-0.3, -0.25) is 14.4 Å². The highest BCUT2D eigenvalue weighted by molar-refractivity contribution is 6.53. The maximum atomic E-state index is 13.1. The van der Waals surface area contributed by atoms with Crippen molar-refractivity contribution in [2.24, 2.45) is 5.92 Å². The number of rotatable bonds is 9. The largest absolute Gasteiger partial charge is 0.462 e. The molecule has 12 heteroatoms. The third-order valence-corrected chi connectivity index (χ3v) is 6.35. The van der Waals surface area contributed by atoms with E-state index in [9.17, 15) is 32.3 Å². The van der Waals surface area contributed by atoms with Crippen molar-refractivity contribution < 1.29 is 37.1 Å². The first kappa shape index (κ1) is 30.3. The molecule has 3 amide bonds. The molecule has 4 rings (SSSR count). The van der Waals surface area contributed by atoms with Crippen LogP contribution in [0.15, 0.2) is 83.5 Å². The second-order valence-electron chi connectivity index (χ2n) is 9.80. The summed E-state index contributed by atoms with van der Waals surface area (Å²) in [6.45, 7) is 4.17. The number of alkyl halides is 3. The van der Waals surface area contributed by atoms with Gasteiger partial charge in [0.05, 0.1) is 29.8 Å². The Balaban J connectivity index is 1.36. The average Bonchev–Trinajstić information content (AvgIpc) is 3.15. The van der Waals surface area contributed by atoms with Crippen LogP contribution in [0.2, 0.25) is 0 Å². The van der Waals surface area contributed by atoms with Crippen LogP contribution in [0.1, 0.15) is 35.3 Å². The third kappa shape index (κ3) is 7.16. The Morgan fingerprint density at radius 2 is 1.57 bits per heavy atom. The maximum Gasteiger partial charge on any atom is 0.416 e. The zero-order valence-electron chi connectivity index (χ0n) is 22.4. The van der Waals surface area contributed by atoms with Gasteiger partial charge in [0.2, 0.25) is 5.91 Å². The molecule has 1 aliphatic rings. The third-order valence-electron chi connectivity index (χ3n) is 6.00. The summed E-state index contributed by atoms with van der Waals surface area (Å²) in [5, 5.41) is 5.01. The highest BCUT2D eigenvalue weighted by Gasteiger charge is 2.40. The molecular formula is C30H25ClF3N3O5. The Bertz CT molecular complexity index is 1550. The molecule has 0 saturated carbocycles. The Labute approximate surface area is 244 Å². The molecule has 2 N–H and O–H groups in total. The number of ether oxygens (including phenoxy) is 1. The van der Waals surface area contributed by atoms with E-state index >= 15 is 0 Å². The van der Waals surface area contributed by atoms with Crippen molar-refractivity contribution in [3.8, 4) is 0 Å². The molecule has 0 saturated heterocycles. The van der Waals surface area contributed by atoms with Gasteiger partial charge in [-0.05, 0) is 66.1 Å². The van der Waals surface area contributed by atoms with Crippen LogP contribution in [-0.2, 0) is 31.7 Å². The van der Waals surface area contributed by atoms with Crippen LogP contribution in [0.3, 0.4) is 0 Å². The molecular weight excluding hydrogens is 575 g/mol. The van der Waals surface area contributed by atoms with Crippen molar-refractivity contribution in [3.63, 3.8) is 0 Å². The van der Waals surface area contributed by atoms with Gasteiger partial charge in [0.25, 0.3) is 11.8 Å². The summed E-state index contributed by atoms with van der Waals surface area (Å²) in [5.41, 5.74) is 0.280. The van der Waals surface area contributed by atoms with Crippen molar-refractivity contribution in [1.82, 2.24) is 0 Å². The average molecular weight is 600 g/mol. The van der Waals surface area contributed by atoms with Gasteiger partial charge in [-0.25, -0.2) is 9.69 Å². The number of imide groups is 1. The van der Waals surface area contributed by atoms with Crippen molar-refractivity contribution in [3.05, 3.63) is 100 Å². The summed E-state index contributed by atoms with van der Waals surface area (Å²) < 4.78 is 44.5. The lowest BCUT2D eigenvalue weighted by atomic mass is 10.1. The van der Waals surface area contributed by atoms with Crippen LogP contribution in [0.5, 0.6) is 0 Å². The minimum absolute atomic E-state index is 0.0165. The van der Waals surface area contributed by atoms with Crippen molar-refractivity contribution in [1.29, 1.82) is 0 Å². The van der Waals surface area contributed by atoms with Crippen molar-refractivity contribution in [2.45, 2.75) is 26.4 Å². The second kappa shape index (κ2) is 12.5. The molecule has 0 spiro atoms. The molecule has 218 valence electrons. The van der Waals surface area contributed by atoms with Gasteiger partial charge in [0, 0.05) is 11.4 Å². The predicted octanol–water partition coefficient (Wildman–Crippen LogP) is 6.14. The Morgan fingerprint density at radius 1 is 0.929 bits per heavy atom. The van der Waals surface area contributed by atoms with E-state index in [-0.39, 0.29) is 29.6 Å². The first-order valence-electron chi connectivity index (χ1n) is 12.7. The molecule has 3 aromatic rings. The van der Waals surface area contributed by atoms with E-state index < -0.39 is 34.6 Å². The van der Waals surface area contributed by atoms with Crippen molar-refractivity contribution in [2.75, 3.05) is 22.1 Å². The number of amides is 3. The maximum absolute atomic E-state index is 13.1. The van der Waals surface area contributed by atoms with E-state index in [0.29, 0.717) is 40.1 Å². The molecule has 0 unspecified atom stereocenters. The lowest BCUT2D eigenvalue weighted by Gasteiger charge is -2.17. The Morgan fingerprint density at radius 3 is 2.19 bits per heavy atom. The SMILES string of the molecule is CC(C)COC(=O)c1ccc(NC(=O)Cc2ccc(NC3=C(Cl)C(=O)N(c4cccc(C(F)(F)F)c4)C3=O)cc2)cc1. The van der Waals surface area contributed by atoms with E-state index in [0.717, 1.165) is 12.1 Å².